The van der Waals surface area contributed by atoms with Crippen LogP contribution < -0.4 is 10.1 Å². The topological polar surface area (TPSA) is 44.7 Å². The molecule has 2 aromatic carbocycles. The number of piperazine rings is 1. The Morgan fingerprint density at radius 2 is 1.74 bits per heavy atom. The number of rotatable bonds is 6. The fraction of sp³-hybridized carbons (Fsp3) is 0.429. The third kappa shape index (κ3) is 5.52. The zero-order chi connectivity index (χ0) is 17.1. The maximum atomic E-state index is 10.6. The smallest absolute Gasteiger partial charge is 0.124 e. The highest BCUT2D eigenvalue weighted by molar-refractivity contribution is 5.85. The lowest BCUT2D eigenvalue weighted by Crippen LogP contribution is -2.45. The van der Waals surface area contributed by atoms with Gasteiger partial charge in [-0.15, -0.1) is 24.8 Å². The summed E-state index contributed by atoms with van der Waals surface area (Å²) in [6.07, 6.45) is 2.53. The molecule has 1 heterocycles. The molecule has 2 aliphatic rings. The summed E-state index contributed by atoms with van der Waals surface area (Å²) in [5.41, 5.74) is 2.18. The molecular weight excluding hydrogens is 383 g/mol. The van der Waals surface area contributed by atoms with Crippen LogP contribution in [0.15, 0.2) is 48.5 Å². The van der Waals surface area contributed by atoms with Gasteiger partial charge in [-0.2, -0.15) is 0 Å². The second-order valence-corrected chi connectivity index (χ2v) is 7.06. The molecule has 4 nitrogen and oxygen atoms in total. The largest absolute Gasteiger partial charge is 0.507 e. The van der Waals surface area contributed by atoms with Gasteiger partial charge in [-0.1, -0.05) is 36.4 Å². The van der Waals surface area contributed by atoms with Crippen LogP contribution in [0.25, 0.3) is 0 Å². The quantitative estimate of drug-likeness (QED) is 0.749. The van der Waals surface area contributed by atoms with E-state index in [0.29, 0.717) is 24.3 Å². The summed E-state index contributed by atoms with van der Waals surface area (Å²) < 4.78 is 5.85. The molecule has 1 atom stereocenters. The lowest BCUT2D eigenvalue weighted by atomic mass is 9.98. The maximum Gasteiger partial charge on any atom is 0.124 e. The highest BCUT2D eigenvalue weighted by Crippen LogP contribution is 2.47. The maximum absolute atomic E-state index is 10.6. The van der Waals surface area contributed by atoms with Crippen LogP contribution in [0.5, 0.6) is 11.5 Å². The number of aromatic hydroxyl groups is 1. The van der Waals surface area contributed by atoms with Crippen molar-refractivity contribution in [3.05, 3.63) is 59.7 Å². The summed E-state index contributed by atoms with van der Waals surface area (Å²) in [4.78, 5) is 2.52. The van der Waals surface area contributed by atoms with E-state index < -0.39 is 0 Å². The Morgan fingerprint density at radius 1 is 1.04 bits per heavy atom. The van der Waals surface area contributed by atoms with Crippen LogP contribution in [0.3, 0.4) is 0 Å². The molecule has 1 aliphatic carbocycles. The number of hydrogen-bond acceptors (Lipinski definition) is 4. The number of benzene rings is 2. The van der Waals surface area contributed by atoms with Gasteiger partial charge in [0.2, 0.25) is 0 Å². The van der Waals surface area contributed by atoms with Crippen molar-refractivity contribution in [2.24, 2.45) is 5.92 Å². The normalized spacial score (nSPS) is 18.1. The Hall–Kier alpha value is -1.46. The van der Waals surface area contributed by atoms with Crippen LogP contribution in [0.2, 0.25) is 0 Å². The molecule has 27 heavy (non-hydrogen) atoms. The Labute approximate surface area is 173 Å². The predicted molar refractivity (Wildman–Crippen MR) is 113 cm³/mol. The molecule has 2 fully saturated rings. The summed E-state index contributed by atoms with van der Waals surface area (Å²) >= 11 is 0. The molecule has 0 aromatic heterocycles. The lowest BCUT2D eigenvalue weighted by molar-refractivity contribution is 0.153. The van der Waals surface area contributed by atoms with Crippen LogP contribution in [0, 0.1) is 5.92 Å². The molecular formula is C21H28Cl2N2O2. The molecule has 1 saturated heterocycles. The van der Waals surface area contributed by atoms with Gasteiger partial charge < -0.3 is 15.2 Å². The molecule has 148 valence electrons. The van der Waals surface area contributed by atoms with Crippen LogP contribution in [-0.4, -0.2) is 36.2 Å². The van der Waals surface area contributed by atoms with E-state index in [0.717, 1.165) is 43.1 Å². The average Bonchev–Trinajstić information content (AvgIpc) is 3.49. The second-order valence-electron chi connectivity index (χ2n) is 7.06. The van der Waals surface area contributed by atoms with Gasteiger partial charge in [-0.25, -0.2) is 0 Å². The van der Waals surface area contributed by atoms with Crippen LogP contribution in [-0.2, 0) is 6.61 Å². The van der Waals surface area contributed by atoms with Crippen molar-refractivity contribution in [2.45, 2.75) is 25.5 Å². The third-order valence-corrected chi connectivity index (χ3v) is 5.18. The number of phenolic OH excluding ortho intramolecular Hbond substituents is 1. The first-order chi connectivity index (χ1) is 12.3. The zero-order valence-electron chi connectivity index (χ0n) is 15.3. The standard InChI is InChI=1S/C21H26N2O2.2ClH/c24-20-14-18(25-15-16-4-2-1-3-5-16)8-9-19(20)21(17-6-7-17)23-12-10-22-11-13-23;;/h1-5,8-9,14,17,21-22,24H,6-7,10-13,15H2;2*1H/t21-;;/m1../s1. The van der Waals surface area contributed by atoms with Crippen molar-refractivity contribution in [1.82, 2.24) is 10.2 Å². The highest BCUT2D eigenvalue weighted by Gasteiger charge is 2.38. The first-order valence-electron chi connectivity index (χ1n) is 9.25. The molecule has 0 spiro atoms. The number of nitrogens with zero attached hydrogens (tertiary/aromatic N) is 1. The van der Waals surface area contributed by atoms with Gasteiger partial charge >= 0.3 is 0 Å². The van der Waals surface area contributed by atoms with Gasteiger partial charge in [0, 0.05) is 43.9 Å². The fourth-order valence-corrected chi connectivity index (χ4v) is 3.73. The van der Waals surface area contributed by atoms with E-state index in [4.69, 9.17) is 4.74 Å². The van der Waals surface area contributed by atoms with E-state index in [2.05, 4.69) is 16.3 Å². The summed E-state index contributed by atoms with van der Waals surface area (Å²) in [6, 6.07) is 16.3. The Morgan fingerprint density at radius 3 is 2.37 bits per heavy atom. The van der Waals surface area contributed by atoms with Gasteiger partial charge in [0.1, 0.15) is 18.1 Å². The molecule has 2 N–H and O–H groups in total. The van der Waals surface area contributed by atoms with Crippen LogP contribution in [0.4, 0.5) is 0 Å². The molecule has 0 radical (unpaired) electrons. The first kappa shape index (κ1) is 21.8. The van der Waals surface area contributed by atoms with Crippen molar-refractivity contribution < 1.29 is 9.84 Å². The zero-order valence-corrected chi connectivity index (χ0v) is 17.0. The Bertz CT molecular complexity index is 705. The van der Waals surface area contributed by atoms with Crippen LogP contribution in [0.1, 0.15) is 30.0 Å². The first-order valence-corrected chi connectivity index (χ1v) is 9.25. The fourth-order valence-electron chi connectivity index (χ4n) is 3.73. The summed E-state index contributed by atoms with van der Waals surface area (Å²) in [6.45, 7) is 4.67. The van der Waals surface area contributed by atoms with E-state index in [1.165, 1.54) is 12.8 Å². The van der Waals surface area contributed by atoms with Crippen molar-refractivity contribution in [2.75, 3.05) is 26.2 Å². The monoisotopic (exact) mass is 410 g/mol. The van der Waals surface area contributed by atoms with Crippen molar-refractivity contribution >= 4 is 24.8 Å². The lowest BCUT2D eigenvalue weighted by Gasteiger charge is -2.35. The van der Waals surface area contributed by atoms with Gasteiger partial charge in [0.25, 0.3) is 0 Å². The van der Waals surface area contributed by atoms with E-state index in [9.17, 15) is 5.11 Å². The minimum atomic E-state index is 0. The second kappa shape index (κ2) is 10.2. The van der Waals surface area contributed by atoms with Crippen LogP contribution >= 0.6 is 24.8 Å². The molecule has 1 saturated carbocycles. The third-order valence-electron chi connectivity index (χ3n) is 5.18. The summed E-state index contributed by atoms with van der Waals surface area (Å²) in [5, 5.41) is 14.1. The van der Waals surface area contributed by atoms with Gasteiger partial charge in [-0.05, 0) is 30.4 Å². The molecule has 2 aromatic rings. The Kier molecular flexibility index (Phi) is 8.24. The molecule has 6 heteroatoms. The molecule has 0 amide bonds. The van der Waals surface area contributed by atoms with Gasteiger partial charge in [0.15, 0.2) is 0 Å². The summed E-state index contributed by atoms with van der Waals surface area (Å²) in [7, 11) is 0. The SMILES string of the molecule is Cl.Cl.Oc1cc(OCc2ccccc2)ccc1[C@@H](C1CC1)N1CCNCC1. The van der Waals surface area contributed by atoms with Gasteiger partial charge in [-0.3, -0.25) is 4.90 Å². The number of phenols is 1. The number of hydrogen-bond donors (Lipinski definition) is 2. The number of ether oxygens (including phenoxy) is 1. The van der Waals surface area contributed by atoms with Crippen molar-refractivity contribution in [1.29, 1.82) is 0 Å². The van der Waals surface area contributed by atoms with E-state index in [-0.39, 0.29) is 24.8 Å². The van der Waals surface area contributed by atoms with Gasteiger partial charge in [0.05, 0.1) is 0 Å². The molecule has 4 rings (SSSR count). The summed E-state index contributed by atoms with van der Waals surface area (Å²) in [5.74, 6) is 1.76. The molecule has 1 aliphatic heterocycles. The van der Waals surface area contributed by atoms with E-state index in [1.54, 1.807) is 6.07 Å². The Balaban J connectivity index is 0.00000131. The van der Waals surface area contributed by atoms with Crippen molar-refractivity contribution in [3.8, 4) is 11.5 Å². The van der Waals surface area contributed by atoms with E-state index in [1.807, 2.05) is 36.4 Å². The molecule has 0 bridgehead atoms. The predicted octanol–water partition coefficient (Wildman–Crippen LogP) is 4.17. The minimum Gasteiger partial charge on any atom is -0.507 e. The molecule has 0 unspecified atom stereocenters. The number of halogens is 2. The van der Waals surface area contributed by atoms with E-state index >= 15 is 0 Å². The van der Waals surface area contributed by atoms with Crippen molar-refractivity contribution in [3.63, 3.8) is 0 Å². The average molecular weight is 411 g/mol. The number of nitrogens with one attached hydrogen (secondary N) is 1. The minimum absolute atomic E-state index is 0. The highest BCUT2D eigenvalue weighted by atomic mass is 35.5.